The van der Waals surface area contributed by atoms with Gasteiger partial charge in [-0.2, -0.15) is 0 Å². The second-order valence-electron chi connectivity index (χ2n) is 6.90. The van der Waals surface area contributed by atoms with Gasteiger partial charge in [0.05, 0.1) is 12.3 Å². The quantitative estimate of drug-likeness (QED) is 0.375. The van der Waals surface area contributed by atoms with Crippen LogP contribution in [0.25, 0.3) is 16.8 Å². The van der Waals surface area contributed by atoms with Crippen molar-refractivity contribution in [3.63, 3.8) is 0 Å². The number of anilines is 1. The summed E-state index contributed by atoms with van der Waals surface area (Å²) in [5, 5.41) is 5.57. The van der Waals surface area contributed by atoms with Crippen LogP contribution in [0.2, 0.25) is 5.02 Å². The highest BCUT2D eigenvalue weighted by molar-refractivity contribution is 7.15. The van der Waals surface area contributed by atoms with E-state index in [1.54, 1.807) is 30.5 Å². The first-order valence-electron chi connectivity index (χ1n) is 9.87. The van der Waals surface area contributed by atoms with E-state index < -0.39 is 11.9 Å². The maximum Gasteiger partial charge on any atom is 0.341 e. The number of esters is 1. The van der Waals surface area contributed by atoms with Crippen LogP contribution in [-0.2, 0) is 9.53 Å². The summed E-state index contributed by atoms with van der Waals surface area (Å²) in [5.41, 5.74) is 3.24. The van der Waals surface area contributed by atoms with Crippen LogP contribution in [-0.4, -0.2) is 34.5 Å². The molecule has 0 aliphatic carbocycles. The van der Waals surface area contributed by atoms with E-state index in [0.717, 1.165) is 11.3 Å². The molecule has 1 N–H and O–H groups in total. The van der Waals surface area contributed by atoms with E-state index in [9.17, 15) is 9.59 Å². The monoisotopic (exact) mass is 469 g/mol. The van der Waals surface area contributed by atoms with E-state index >= 15 is 0 Å². The fourth-order valence-electron chi connectivity index (χ4n) is 3.23. The van der Waals surface area contributed by atoms with Crippen molar-refractivity contribution in [2.24, 2.45) is 0 Å². The van der Waals surface area contributed by atoms with Crippen LogP contribution in [0.15, 0.2) is 54.2 Å². The zero-order chi connectivity index (χ0) is 22.7. The van der Waals surface area contributed by atoms with Crippen LogP contribution in [0, 0.1) is 6.92 Å². The Hall–Kier alpha value is -3.36. The first-order chi connectivity index (χ1) is 15.5. The lowest BCUT2D eigenvalue weighted by Crippen LogP contribution is -2.21. The molecule has 0 atom stereocenters. The lowest BCUT2D eigenvalue weighted by Gasteiger charge is -2.10. The highest BCUT2D eigenvalue weighted by atomic mass is 35.5. The van der Waals surface area contributed by atoms with Crippen molar-refractivity contribution >= 4 is 45.5 Å². The average Bonchev–Trinajstić information content (AvgIpc) is 3.36. The summed E-state index contributed by atoms with van der Waals surface area (Å²) in [5.74, 6) is -0.410. The van der Waals surface area contributed by atoms with E-state index in [2.05, 4.69) is 10.3 Å². The van der Waals surface area contributed by atoms with Gasteiger partial charge < -0.3 is 19.2 Å². The standard InChI is InChI=1S/C23H20ClN3O4S/c1-3-30-23(29)20-17(15-6-8-16(24)9-7-15)13-32-22(20)26-19(28)12-31-18-5-4-10-27-11-14(2)25-21(18)27/h4-11,13H,3,12H2,1-2H3,(H,26,28). The molecule has 9 heteroatoms. The van der Waals surface area contributed by atoms with Gasteiger partial charge in [0.1, 0.15) is 10.6 Å². The van der Waals surface area contributed by atoms with Crippen LogP contribution in [0.5, 0.6) is 5.75 Å². The normalized spacial score (nSPS) is 10.8. The molecule has 0 aliphatic rings. The number of thiophene rings is 1. The Kier molecular flexibility index (Phi) is 6.43. The summed E-state index contributed by atoms with van der Waals surface area (Å²) in [4.78, 5) is 29.7. The third-order valence-electron chi connectivity index (χ3n) is 4.60. The van der Waals surface area contributed by atoms with Crippen LogP contribution >= 0.6 is 22.9 Å². The van der Waals surface area contributed by atoms with Crippen LogP contribution < -0.4 is 10.1 Å². The summed E-state index contributed by atoms with van der Waals surface area (Å²) >= 11 is 7.23. The van der Waals surface area contributed by atoms with Crippen LogP contribution in [0.3, 0.4) is 0 Å². The number of pyridine rings is 1. The number of halogens is 1. The number of nitrogens with zero attached hydrogens (tertiary/aromatic N) is 2. The second kappa shape index (κ2) is 9.42. The number of hydrogen-bond acceptors (Lipinski definition) is 6. The molecule has 3 heterocycles. The van der Waals surface area contributed by atoms with Crippen molar-refractivity contribution in [1.29, 1.82) is 0 Å². The zero-order valence-electron chi connectivity index (χ0n) is 17.4. The van der Waals surface area contributed by atoms with Crippen molar-refractivity contribution < 1.29 is 19.1 Å². The molecule has 164 valence electrons. The highest BCUT2D eigenvalue weighted by Gasteiger charge is 2.23. The number of amides is 1. The topological polar surface area (TPSA) is 81.9 Å². The maximum atomic E-state index is 12.7. The molecule has 3 aromatic heterocycles. The molecule has 0 saturated carbocycles. The number of imidazole rings is 1. The molecule has 1 amide bonds. The van der Waals surface area contributed by atoms with Crippen molar-refractivity contribution in [2.75, 3.05) is 18.5 Å². The maximum absolute atomic E-state index is 12.7. The van der Waals surface area contributed by atoms with Crippen molar-refractivity contribution in [3.8, 4) is 16.9 Å². The molecule has 32 heavy (non-hydrogen) atoms. The van der Waals surface area contributed by atoms with Crippen LogP contribution in [0.4, 0.5) is 5.00 Å². The number of carbonyl (C=O) groups excluding carboxylic acids is 2. The molecule has 7 nitrogen and oxygen atoms in total. The minimum Gasteiger partial charge on any atom is -0.480 e. The Morgan fingerprint density at radius 1 is 1.22 bits per heavy atom. The number of aromatic nitrogens is 2. The Morgan fingerprint density at radius 3 is 2.75 bits per heavy atom. The van der Waals surface area contributed by atoms with Gasteiger partial charge in [-0.05, 0) is 43.7 Å². The Labute approximate surface area is 193 Å². The van der Waals surface area contributed by atoms with Crippen molar-refractivity contribution in [2.45, 2.75) is 13.8 Å². The molecular weight excluding hydrogens is 450 g/mol. The van der Waals surface area contributed by atoms with E-state index in [4.69, 9.17) is 21.1 Å². The Balaban J connectivity index is 1.54. The number of aryl methyl sites for hydroxylation is 1. The largest absolute Gasteiger partial charge is 0.480 e. The van der Waals surface area contributed by atoms with E-state index in [-0.39, 0.29) is 13.2 Å². The smallest absolute Gasteiger partial charge is 0.341 e. The molecule has 0 fully saturated rings. The first-order valence-corrected chi connectivity index (χ1v) is 11.1. The Morgan fingerprint density at radius 2 is 2.00 bits per heavy atom. The number of carbonyl (C=O) groups is 2. The van der Waals surface area contributed by atoms with Gasteiger partial charge in [-0.3, -0.25) is 4.79 Å². The summed E-state index contributed by atoms with van der Waals surface area (Å²) in [6.45, 7) is 3.60. The fourth-order valence-corrected chi connectivity index (χ4v) is 4.33. The van der Waals surface area contributed by atoms with E-state index in [1.807, 2.05) is 41.9 Å². The summed E-state index contributed by atoms with van der Waals surface area (Å²) in [7, 11) is 0. The third-order valence-corrected chi connectivity index (χ3v) is 5.75. The number of fused-ring (bicyclic) bond motifs is 1. The predicted molar refractivity (Wildman–Crippen MR) is 125 cm³/mol. The van der Waals surface area contributed by atoms with Crippen LogP contribution in [0.1, 0.15) is 23.0 Å². The van der Waals surface area contributed by atoms with Gasteiger partial charge in [0, 0.05) is 28.4 Å². The zero-order valence-corrected chi connectivity index (χ0v) is 19.0. The lowest BCUT2D eigenvalue weighted by molar-refractivity contribution is -0.118. The minimum atomic E-state index is -0.507. The molecule has 0 radical (unpaired) electrons. The SMILES string of the molecule is CCOC(=O)c1c(-c2ccc(Cl)cc2)csc1NC(=O)COc1cccn2cc(C)nc12. The van der Waals surface area contributed by atoms with Gasteiger partial charge in [-0.1, -0.05) is 23.7 Å². The van der Waals surface area contributed by atoms with Crippen molar-refractivity contribution in [1.82, 2.24) is 9.38 Å². The van der Waals surface area contributed by atoms with Gasteiger partial charge in [0.25, 0.3) is 5.91 Å². The molecule has 0 aliphatic heterocycles. The van der Waals surface area contributed by atoms with Gasteiger partial charge >= 0.3 is 5.97 Å². The molecule has 0 spiro atoms. The molecular formula is C23H20ClN3O4S. The molecule has 1 aromatic carbocycles. The van der Waals surface area contributed by atoms with E-state index in [0.29, 0.717) is 32.5 Å². The Bertz CT molecular complexity index is 1280. The fraction of sp³-hybridized carbons (Fsp3) is 0.174. The predicted octanol–water partition coefficient (Wildman–Crippen LogP) is 5.22. The number of hydrogen-bond donors (Lipinski definition) is 1. The number of ether oxygens (including phenoxy) is 2. The molecule has 0 unspecified atom stereocenters. The molecule has 4 rings (SSSR count). The van der Waals surface area contributed by atoms with Gasteiger partial charge in [-0.15, -0.1) is 11.3 Å². The van der Waals surface area contributed by atoms with Gasteiger partial charge in [-0.25, -0.2) is 9.78 Å². The summed E-state index contributed by atoms with van der Waals surface area (Å²) in [6.07, 6.45) is 3.73. The van der Waals surface area contributed by atoms with Gasteiger partial charge in [0.2, 0.25) is 0 Å². The minimum absolute atomic E-state index is 0.221. The third kappa shape index (κ3) is 4.61. The number of rotatable bonds is 7. The average molecular weight is 470 g/mol. The molecule has 0 bridgehead atoms. The number of nitrogens with one attached hydrogen (secondary N) is 1. The highest BCUT2D eigenvalue weighted by Crippen LogP contribution is 2.36. The summed E-state index contributed by atoms with van der Waals surface area (Å²) in [6, 6.07) is 10.7. The summed E-state index contributed by atoms with van der Waals surface area (Å²) < 4.78 is 12.8. The van der Waals surface area contributed by atoms with E-state index in [1.165, 1.54) is 11.3 Å². The van der Waals surface area contributed by atoms with Crippen molar-refractivity contribution in [3.05, 3.63) is 70.5 Å². The molecule has 0 saturated heterocycles. The lowest BCUT2D eigenvalue weighted by atomic mass is 10.0. The number of benzene rings is 1. The first kappa shape index (κ1) is 21.9. The molecule has 4 aromatic rings. The van der Waals surface area contributed by atoms with Gasteiger partial charge in [0.15, 0.2) is 18.0 Å². The second-order valence-corrected chi connectivity index (χ2v) is 8.22.